The molecule has 1 aromatic rings. The number of nitrogens with zero attached hydrogens (tertiary/aromatic N) is 1. The van der Waals surface area contributed by atoms with Gasteiger partial charge in [-0.05, 0) is 37.8 Å². The number of carbonyl (C=O) groups excluding carboxylic acids is 2. The van der Waals surface area contributed by atoms with Crippen LogP contribution in [0.15, 0.2) is 30.3 Å². The second-order valence-electron chi connectivity index (χ2n) is 7.27. The van der Waals surface area contributed by atoms with Crippen LogP contribution in [-0.2, 0) is 4.79 Å². The smallest absolute Gasteiger partial charge is 0.253 e. The summed E-state index contributed by atoms with van der Waals surface area (Å²) in [7, 11) is 0. The number of benzene rings is 1. The zero-order valence-corrected chi connectivity index (χ0v) is 14.7. The second kappa shape index (κ2) is 8.48. The molecule has 1 aliphatic carbocycles. The fourth-order valence-corrected chi connectivity index (χ4v) is 4.02. The van der Waals surface area contributed by atoms with E-state index >= 15 is 0 Å². The lowest BCUT2D eigenvalue weighted by atomic mass is 9.84. The molecule has 25 heavy (non-hydrogen) atoms. The summed E-state index contributed by atoms with van der Waals surface area (Å²) in [6.45, 7) is 1.40. The Hall–Kier alpha value is -1.88. The van der Waals surface area contributed by atoms with Gasteiger partial charge in [0.05, 0.1) is 0 Å². The highest BCUT2D eigenvalue weighted by Crippen LogP contribution is 2.25. The van der Waals surface area contributed by atoms with E-state index in [0.717, 1.165) is 25.7 Å². The number of rotatable bonds is 4. The Morgan fingerprint density at radius 3 is 2.40 bits per heavy atom. The third-order valence-electron chi connectivity index (χ3n) is 5.64. The van der Waals surface area contributed by atoms with Crippen molar-refractivity contribution in [3.8, 4) is 0 Å². The first-order valence-electron chi connectivity index (χ1n) is 9.44. The first kappa shape index (κ1) is 17.9. The molecule has 0 aromatic heterocycles. The van der Waals surface area contributed by atoms with Gasteiger partial charge in [-0.3, -0.25) is 9.59 Å². The molecule has 1 aromatic carbocycles. The van der Waals surface area contributed by atoms with E-state index in [0.29, 0.717) is 31.5 Å². The Morgan fingerprint density at radius 2 is 1.72 bits per heavy atom. The molecule has 136 valence electrons. The number of aliphatic hydroxyl groups excluding tert-OH is 1. The van der Waals surface area contributed by atoms with Gasteiger partial charge < -0.3 is 15.3 Å². The molecule has 2 amide bonds. The SMILES string of the molecule is O=C(NC1CCCCC1CO)C1CCN(C(=O)c2ccccc2)CC1. The number of hydrogen-bond acceptors (Lipinski definition) is 3. The van der Waals surface area contributed by atoms with Gasteiger partial charge in [-0.15, -0.1) is 0 Å². The van der Waals surface area contributed by atoms with Crippen LogP contribution >= 0.6 is 0 Å². The van der Waals surface area contributed by atoms with E-state index in [1.807, 2.05) is 35.2 Å². The highest BCUT2D eigenvalue weighted by Gasteiger charge is 2.31. The van der Waals surface area contributed by atoms with Crippen LogP contribution in [0.3, 0.4) is 0 Å². The predicted octanol–water partition coefficient (Wildman–Crippen LogP) is 2.21. The molecule has 1 saturated heterocycles. The molecule has 2 aliphatic rings. The summed E-state index contributed by atoms with van der Waals surface area (Å²) in [6.07, 6.45) is 5.62. The van der Waals surface area contributed by atoms with Crippen molar-refractivity contribution in [3.05, 3.63) is 35.9 Å². The van der Waals surface area contributed by atoms with E-state index in [4.69, 9.17) is 0 Å². The Balaban J connectivity index is 1.50. The van der Waals surface area contributed by atoms with E-state index in [1.165, 1.54) is 0 Å². The van der Waals surface area contributed by atoms with Gasteiger partial charge in [0.1, 0.15) is 0 Å². The summed E-state index contributed by atoms with van der Waals surface area (Å²) < 4.78 is 0. The minimum absolute atomic E-state index is 0.0268. The standard InChI is InChI=1S/C20H28N2O3/c23-14-17-8-4-5-9-18(17)21-19(24)15-10-12-22(13-11-15)20(25)16-6-2-1-3-7-16/h1-3,6-7,15,17-18,23H,4-5,8-14H2,(H,21,24). The Bertz CT molecular complexity index is 582. The van der Waals surface area contributed by atoms with Gasteiger partial charge in [0, 0.05) is 43.1 Å². The largest absolute Gasteiger partial charge is 0.396 e. The lowest BCUT2D eigenvalue weighted by Gasteiger charge is -2.35. The molecule has 1 aliphatic heterocycles. The normalized spacial score (nSPS) is 24.8. The van der Waals surface area contributed by atoms with Crippen molar-refractivity contribution in [3.63, 3.8) is 0 Å². The van der Waals surface area contributed by atoms with Crippen LogP contribution in [0.25, 0.3) is 0 Å². The third kappa shape index (κ3) is 4.40. The molecule has 1 saturated carbocycles. The molecule has 1 heterocycles. The number of nitrogens with one attached hydrogen (secondary N) is 1. The lowest BCUT2D eigenvalue weighted by molar-refractivity contribution is -0.127. The molecule has 3 rings (SSSR count). The number of piperidine rings is 1. The Morgan fingerprint density at radius 1 is 1.04 bits per heavy atom. The van der Waals surface area contributed by atoms with Crippen LogP contribution in [0.2, 0.25) is 0 Å². The zero-order valence-electron chi connectivity index (χ0n) is 14.7. The minimum Gasteiger partial charge on any atom is -0.396 e. The molecule has 5 nitrogen and oxygen atoms in total. The molecule has 0 spiro atoms. The summed E-state index contributed by atoms with van der Waals surface area (Å²) >= 11 is 0. The first-order valence-corrected chi connectivity index (χ1v) is 9.44. The molecule has 0 radical (unpaired) electrons. The van der Waals surface area contributed by atoms with E-state index in [9.17, 15) is 14.7 Å². The van der Waals surface area contributed by atoms with Crippen LogP contribution in [0, 0.1) is 11.8 Å². The monoisotopic (exact) mass is 344 g/mol. The minimum atomic E-state index is -0.0268. The van der Waals surface area contributed by atoms with Crippen LogP contribution in [0.1, 0.15) is 48.9 Å². The maximum Gasteiger partial charge on any atom is 0.253 e. The van der Waals surface area contributed by atoms with Gasteiger partial charge >= 0.3 is 0 Å². The number of hydrogen-bond donors (Lipinski definition) is 2. The number of amides is 2. The molecule has 2 fully saturated rings. The molecule has 2 N–H and O–H groups in total. The second-order valence-corrected chi connectivity index (χ2v) is 7.27. The Labute approximate surface area is 149 Å². The highest BCUT2D eigenvalue weighted by atomic mass is 16.3. The Kier molecular flexibility index (Phi) is 6.08. The summed E-state index contributed by atoms with van der Waals surface area (Å²) in [5, 5.41) is 12.7. The van der Waals surface area contributed by atoms with Gasteiger partial charge in [-0.1, -0.05) is 31.0 Å². The van der Waals surface area contributed by atoms with Gasteiger partial charge in [-0.2, -0.15) is 0 Å². The van der Waals surface area contributed by atoms with Crippen molar-refractivity contribution in [2.45, 2.75) is 44.6 Å². The van der Waals surface area contributed by atoms with E-state index in [2.05, 4.69) is 5.32 Å². The van der Waals surface area contributed by atoms with Crippen LogP contribution in [-0.4, -0.2) is 47.6 Å². The van der Waals surface area contributed by atoms with Crippen molar-refractivity contribution in [2.24, 2.45) is 11.8 Å². The summed E-state index contributed by atoms with van der Waals surface area (Å²) in [5.41, 5.74) is 0.707. The van der Waals surface area contributed by atoms with Crippen molar-refractivity contribution < 1.29 is 14.7 Å². The van der Waals surface area contributed by atoms with Crippen molar-refractivity contribution in [1.82, 2.24) is 10.2 Å². The van der Waals surface area contributed by atoms with E-state index in [1.54, 1.807) is 0 Å². The summed E-state index contributed by atoms with van der Waals surface area (Å²) in [4.78, 5) is 26.9. The molecular formula is C20H28N2O3. The zero-order chi connectivity index (χ0) is 17.6. The molecule has 2 atom stereocenters. The lowest BCUT2D eigenvalue weighted by Crippen LogP contribution is -2.48. The van der Waals surface area contributed by atoms with Gasteiger partial charge in [0.15, 0.2) is 0 Å². The average molecular weight is 344 g/mol. The van der Waals surface area contributed by atoms with Crippen molar-refractivity contribution in [1.29, 1.82) is 0 Å². The topological polar surface area (TPSA) is 69.6 Å². The van der Waals surface area contributed by atoms with Crippen LogP contribution < -0.4 is 5.32 Å². The molecule has 2 unspecified atom stereocenters. The average Bonchev–Trinajstić information content (AvgIpc) is 2.68. The number of aliphatic hydroxyl groups is 1. The number of carbonyl (C=O) groups is 2. The van der Waals surface area contributed by atoms with Crippen molar-refractivity contribution in [2.75, 3.05) is 19.7 Å². The highest BCUT2D eigenvalue weighted by molar-refractivity contribution is 5.94. The van der Waals surface area contributed by atoms with Crippen molar-refractivity contribution >= 4 is 11.8 Å². The maximum atomic E-state index is 12.6. The van der Waals surface area contributed by atoms with E-state index < -0.39 is 0 Å². The molecule has 0 bridgehead atoms. The molecule has 5 heteroatoms. The van der Waals surface area contributed by atoms with Gasteiger partial charge in [0.25, 0.3) is 5.91 Å². The maximum absolute atomic E-state index is 12.6. The quantitative estimate of drug-likeness (QED) is 0.880. The van der Waals surface area contributed by atoms with E-state index in [-0.39, 0.29) is 36.3 Å². The molecular weight excluding hydrogens is 316 g/mol. The van der Waals surface area contributed by atoms with Gasteiger partial charge in [0.2, 0.25) is 5.91 Å². The third-order valence-corrected chi connectivity index (χ3v) is 5.64. The fraction of sp³-hybridized carbons (Fsp3) is 0.600. The van der Waals surface area contributed by atoms with Crippen LogP contribution in [0.5, 0.6) is 0 Å². The van der Waals surface area contributed by atoms with Gasteiger partial charge in [-0.25, -0.2) is 0 Å². The van der Waals surface area contributed by atoms with Crippen LogP contribution in [0.4, 0.5) is 0 Å². The summed E-state index contributed by atoms with van der Waals surface area (Å²) in [5.74, 6) is 0.308. The first-order chi connectivity index (χ1) is 12.2. The fourth-order valence-electron chi connectivity index (χ4n) is 4.02. The number of likely N-dealkylation sites (tertiary alicyclic amines) is 1. The summed E-state index contributed by atoms with van der Waals surface area (Å²) in [6, 6.07) is 9.41. The predicted molar refractivity (Wildman–Crippen MR) is 96.0 cm³/mol.